The van der Waals surface area contributed by atoms with E-state index in [0.717, 1.165) is 0 Å². The molecule has 1 amide bonds. The summed E-state index contributed by atoms with van der Waals surface area (Å²) >= 11 is 5.86. The molecule has 1 atom stereocenters. The minimum atomic E-state index is -0.631. The smallest absolute Gasteiger partial charge is 0.360 e. The minimum Gasteiger partial charge on any atom is -0.461 e. The van der Waals surface area contributed by atoms with Crippen molar-refractivity contribution < 1.29 is 14.3 Å². The second-order valence-corrected chi connectivity index (χ2v) is 5.87. The number of aromatic nitrogens is 3. The molecule has 0 radical (unpaired) electrons. The maximum atomic E-state index is 12.2. The summed E-state index contributed by atoms with van der Waals surface area (Å²) in [5.41, 5.74) is 0.0470. The summed E-state index contributed by atoms with van der Waals surface area (Å²) in [5.74, 6) is -0.814. The number of amides is 1. The fourth-order valence-electron chi connectivity index (χ4n) is 1.69. The van der Waals surface area contributed by atoms with E-state index in [1.54, 1.807) is 13.8 Å². The predicted molar refractivity (Wildman–Crippen MR) is 78.1 cm³/mol. The van der Waals surface area contributed by atoms with Crippen LogP contribution in [-0.4, -0.2) is 39.0 Å². The Morgan fingerprint density at radius 3 is 2.52 bits per heavy atom. The van der Waals surface area contributed by atoms with Crippen LogP contribution in [0.2, 0.25) is 0 Å². The van der Waals surface area contributed by atoms with Gasteiger partial charge in [-0.15, -0.1) is 16.7 Å². The van der Waals surface area contributed by atoms with E-state index >= 15 is 0 Å². The molecule has 1 unspecified atom stereocenters. The van der Waals surface area contributed by atoms with Gasteiger partial charge in [-0.05, 0) is 34.6 Å². The first-order valence-electron chi connectivity index (χ1n) is 6.70. The van der Waals surface area contributed by atoms with Crippen molar-refractivity contribution in [3.63, 3.8) is 0 Å². The number of hydrogen-bond acceptors (Lipinski definition) is 5. The SMILES string of the molecule is CCOC(=O)c1nnn(C(C)C(=O)NC(C)(C)C)c1CCl. The molecule has 8 heteroatoms. The van der Waals surface area contributed by atoms with Gasteiger partial charge in [0.05, 0.1) is 18.2 Å². The Morgan fingerprint density at radius 1 is 1.43 bits per heavy atom. The highest BCUT2D eigenvalue weighted by Crippen LogP contribution is 2.16. The van der Waals surface area contributed by atoms with Gasteiger partial charge in [-0.2, -0.15) is 0 Å². The van der Waals surface area contributed by atoms with Gasteiger partial charge in [0.1, 0.15) is 6.04 Å². The Morgan fingerprint density at radius 2 is 2.05 bits per heavy atom. The lowest BCUT2D eigenvalue weighted by Crippen LogP contribution is -2.44. The first kappa shape index (κ1) is 17.4. The molecule has 7 nitrogen and oxygen atoms in total. The monoisotopic (exact) mass is 316 g/mol. The molecule has 0 aromatic carbocycles. The Balaban J connectivity index is 3.03. The fourth-order valence-corrected chi connectivity index (χ4v) is 1.94. The molecule has 1 aromatic heterocycles. The summed E-state index contributed by atoms with van der Waals surface area (Å²) in [5, 5.41) is 10.5. The van der Waals surface area contributed by atoms with Crippen LogP contribution in [-0.2, 0) is 15.4 Å². The molecular formula is C13H21ClN4O3. The van der Waals surface area contributed by atoms with Crippen molar-refractivity contribution in [1.29, 1.82) is 0 Å². The van der Waals surface area contributed by atoms with Crippen LogP contribution in [0.4, 0.5) is 0 Å². The van der Waals surface area contributed by atoms with Gasteiger partial charge in [0.15, 0.2) is 5.69 Å². The quantitative estimate of drug-likeness (QED) is 0.659. The maximum absolute atomic E-state index is 12.2. The van der Waals surface area contributed by atoms with Crippen LogP contribution in [0.3, 0.4) is 0 Å². The summed E-state index contributed by atoms with van der Waals surface area (Å²) in [7, 11) is 0. The number of alkyl halides is 1. The van der Waals surface area contributed by atoms with E-state index in [4.69, 9.17) is 16.3 Å². The minimum absolute atomic E-state index is 0.00822. The molecule has 1 aromatic rings. The number of carbonyl (C=O) groups is 2. The van der Waals surface area contributed by atoms with E-state index in [2.05, 4.69) is 15.6 Å². The van der Waals surface area contributed by atoms with Crippen molar-refractivity contribution in [3.8, 4) is 0 Å². The molecule has 1 rings (SSSR count). The van der Waals surface area contributed by atoms with E-state index < -0.39 is 12.0 Å². The molecule has 0 spiro atoms. The Labute approximate surface area is 129 Å². The molecule has 0 saturated heterocycles. The number of nitrogens with zero attached hydrogens (tertiary/aromatic N) is 3. The number of rotatable bonds is 5. The normalized spacial score (nSPS) is 12.9. The van der Waals surface area contributed by atoms with E-state index in [9.17, 15) is 9.59 Å². The van der Waals surface area contributed by atoms with Crippen molar-refractivity contribution in [3.05, 3.63) is 11.4 Å². The molecule has 0 bridgehead atoms. The van der Waals surface area contributed by atoms with Gasteiger partial charge in [-0.1, -0.05) is 5.21 Å². The highest BCUT2D eigenvalue weighted by Gasteiger charge is 2.27. The zero-order valence-electron chi connectivity index (χ0n) is 12.9. The summed E-state index contributed by atoms with van der Waals surface area (Å²) < 4.78 is 6.24. The van der Waals surface area contributed by atoms with E-state index in [1.807, 2.05) is 20.8 Å². The summed E-state index contributed by atoms with van der Waals surface area (Å²) in [6, 6.07) is -0.631. The van der Waals surface area contributed by atoms with Gasteiger partial charge in [-0.3, -0.25) is 4.79 Å². The predicted octanol–water partition coefficient (Wildman–Crippen LogP) is 1.67. The maximum Gasteiger partial charge on any atom is 0.360 e. The van der Waals surface area contributed by atoms with Crippen LogP contribution >= 0.6 is 11.6 Å². The third kappa shape index (κ3) is 4.42. The van der Waals surface area contributed by atoms with Crippen LogP contribution in [0.1, 0.15) is 56.8 Å². The first-order chi connectivity index (χ1) is 9.71. The van der Waals surface area contributed by atoms with Crippen LogP contribution in [0.5, 0.6) is 0 Å². The average Bonchev–Trinajstić information content (AvgIpc) is 2.79. The topological polar surface area (TPSA) is 86.1 Å². The number of nitrogens with one attached hydrogen (secondary N) is 1. The van der Waals surface area contributed by atoms with Gasteiger partial charge >= 0.3 is 5.97 Å². The van der Waals surface area contributed by atoms with Crippen LogP contribution < -0.4 is 5.32 Å². The Bertz CT molecular complexity index is 522. The van der Waals surface area contributed by atoms with Crippen molar-refractivity contribution in [2.45, 2.75) is 52.1 Å². The third-order valence-electron chi connectivity index (χ3n) is 2.63. The molecule has 1 heterocycles. The molecule has 118 valence electrons. The van der Waals surface area contributed by atoms with Gasteiger partial charge in [0.25, 0.3) is 0 Å². The molecule has 0 saturated carbocycles. The lowest BCUT2D eigenvalue weighted by atomic mass is 10.1. The lowest BCUT2D eigenvalue weighted by Gasteiger charge is -2.23. The van der Waals surface area contributed by atoms with Crippen molar-refractivity contribution >= 4 is 23.5 Å². The molecule has 0 aliphatic heterocycles. The van der Waals surface area contributed by atoms with Gasteiger partial charge in [0.2, 0.25) is 5.91 Å². The second-order valence-electron chi connectivity index (χ2n) is 5.60. The van der Waals surface area contributed by atoms with Crippen molar-refractivity contribution in [1.82, 2.24) is 20.3 Å². The second kappa shape index (κ2) is 6.89. The van der Waals surface area contributed by atoms with Gasteiger partial charge in [-0.25, -0.2) is 9.48 Å². The first-order valence-corrected chi connectivity index (χ1v) is 7.23. The number of ether oxygens (including phenoxy) is 1. The summed E-state index contributed by atoms with van der Waals surface area (Å²) in [6.07, 6.45) is 0. The number of esters is 1. The summed E-state index contributed by atoms with van der Waals surface area (Å²) in [6.45, 7) is 9.23. The molecule has 0 aliphatic rings. The van der Waals surface area contributed by atoms with Crippen LogP contribution in [0.15, 0.2) is 0 Å². The highest BCUT2D eigenvalue weighted by molar-refractivity contribution is 6.17. The van der Waals surface area contributed by atoms with E-state index in [-0.39, 0.29) is 29.6 Å². The van der Waals surface area contributed by atoms with Crippen LogP contribution in [0, 0.1) is 0 Å². The number of halogens is 1. The summed E-state index contributed by atoms with van der Waals surface area (Å²) in [4.78, 5) is 23.9. The highest BCUT2D eigenvalue weighted by atomic mass is 35.5. The lowest BCUT2D eigenvalue weighted by molar-refractivity contribution is -0.125. The fraction of sp³-hybridized carbons (Fsp3) is 0.692. The largest absolute Gasteiger partial charge is 0.461 e. The average molecular weight is 317 g/mol. The van der Waals surface area contributed by atoms with Crippen molar-refractivity contribution in [2.24, 2.45) is 0 Å². The van der Waals surface area contributed by atoms with Crippen molar-refractivity contribution in [2.75, 3.05) is 6.61 Å². The van der Waals surface area contributed by atoms with Crippen LogP contribution in [0.25, 0.3) is 0 Å². The zero-order chi connectivity index (χ0) is 16.2. The molecule has 0 fully saturated rings. The molecular weight excluding hydrogens is 296 g/mol. The Kier molecular flexibility index (Phi) is 5.71. The van der Waals surface area contributed by atoms with Gasteiger partial charge in [0, 0.05) is 5.54 Å². The third-order valence-corrected chi connectivity index (χ3v) is 2.88. The zero-order valence-corrected chi connectivity index (χ0v) is 13.7. The van der Waals surface area contributed by atoms with E-state index in [1.165, 1.54) is 4.68 Å². The van der Waals surface area contributed by atoms with Gasteiger partial charge < -0.3 is 10.1 Å². The number of carbonyl (C=O) groups excluding carboxylic acids is 2. The van der Waals surface area contributed by atoms with E-state index in [0.29, 0.717) is 5.69 Å². The molecule has 0 aliphatic carbocycles. The standard InChI is InChI=1S/C13H21ClN4O3/c1-6-21-12(20)10-9(7-14)18(17-16-10)8(2)11(19)15-13(3,4)5/h8H,6-7H2,1-5H3,(H,15,19). The Hall–Kier alpha value is -1.63. The molecule has 21 heavy (non-hydrogen) atoms. The molecule has 1 N–H and O–H groups in total. The number of hydrogen-bond donors (Lipinski definition) is 1.